The average molecular weight is 371 g/mol. The lowest BCUT2D eigenvalue weighted by Crippen LogP contribution is -2.43. The van der Waals surface area contributed by atoms with Gasteiger partial charge < -0.3 is 14.3 Å². The summed E-state index contributed by atoms with van der Waals surface area (Å²) < 4.78 is 18.2. The Kier molecular flexibility index (Phi) is 3.91. The number of alkyl halides is 1. The minimum Gasteiger partial charge on any atom is -0.350 e. The second-order valence-corrected chi connectivity index (χ2v) is 8.04. The molecule has 7 heteroatoms. The van der Waals surface area contributed by atoms with Crippen LogP contribution in [0.5, 0.6) is 0 Å². The van der Waals surface area contributed by atoms with Gasteiger partial charge in [-0.2, -0.15) is 0 Å². The molecule has 2 unspecified atom stereocenters. The first kappa shape index (κ1) is 16.7. The quantitative estimate of drug-likeness (QED) is 0.831. The molecule has 142 valence electrons. The summed E-state index contributed by atoms with van der Waals surface area (Å²) in [5.41, 5.74) is 0.672. The molecule has 27 heavy (non-hydrogen) atoms. The maximum absolute atomic E-state index is 13.0. The minimum absolute atomic E-state index is 0.00104. The van der Waals surface area contributed by atoms with Crippen LogP contribution in [-0.4, -0.2) is 59.6 Å². The molecule has 4 atom stereocenters. The number of fused-ring (bicyclic) bond motifs is 2. The zero-order valence-electron chi connectivity index (χ0n) is 15.0. The molecule has 3 fully saturated rings. The minimum atomic E-state index is -0.352. The number of carbonyl (C=O) groups excluding carboxylic acids is 2. The largest absolute Gasteiger partial charge is 0.350 e. The van der Waals surface area contributed by atoms with E-state index >= 15 is 0 Å². The number of piperidine rings is 2. The van der Waals surface area contributed by atoms with Crippen LogP contribution in [0.2, 0.25) is 0 Å². The van der Waals surface area contributed by atoms with Gasteiger partial charge in [-0.15, -0.1) is 0 Å². The van der Waals surface area contributed by atoms with E-state index in [-0.39, 0.29) is 47.9 Å². The number of rotatable bonds is 3. The van der Waals surface area contributed by atoms with Gasteiger partial charge in [0.2, 0.25) is 11.7 Å². The Morgan fingerprint density at radius 2 is 1.93 bits per heavy atom. The number of carbonyl (C=O) groups is 2. The van der Waals surface area contributed by atoms with Gasteiger partial charge >= 0.3 is 0 Å². The molecule has 1 aliphatic carbocycles. The summed E-state index contributed by atoms with van der Waals surface area (Å²) in [6.07, 6.45) is 1.75. The molecule has 0 radical (unpaired) electrons. The highest BCUT2D eigenvalue weighted by Gasteiger charge is 2.61. The first-order valence-corrected chi connectivity index (χ1v) is 9.66. The van der Waals surface area contributed by atoms with Crippen molar-refractivity contribution in [2.45, 2.75) is 12.8 Å². The van der Waals surface area contributed by atoms with Crippen LogP contribution in [-0.2, 0) is 4.79 Å². The maximum atomic E-state index is 13.0. The molecule has 2 aliphatic heterocycles. The van der Waals surface area contributed by atoms with E-state index in [1.165, 1.54) is 0 Å². The molecule has 0 N–H and O–H groups in total. The van der Waals surface area contributed by atoms with Crippen molar-refractivity contribution in [1.82, 2.24) is 15.0 Å². The summed E-state index contributed by atoms with van der Waals surface area (Å²) in [5.74, 6) is 0.704. The average Bonchev–Trinajstić information content (AvgIpc) is 3.06. The molecule has 6 nitrogen and oxygen atoms in total. The molecular weight excluding hydrogens is 349 g/mol. The lowest BCUT2D eigenvalue weighted by molar-refractivity contribution is -0.135. The molecule has 0 spiro atoms. The van der Waals surface area contributed by atoms with E-state index < -0.39 is 0 Å². The number of hydrogen-bond donors (Lipinski definition) is 0. The van der Waals surface area contributed by atoms with Crippen molar-refractivity contribution >= 4 is 22.7 Å². The van der Waals surface area contributed by atoms with Gasteiger partial charge in [-0.3, -0.25) is 14.0 Å². The van der Waals surface area contributed by atoms with Crippen LogP contribution >= 0.6 is 0 Å². The Hall–Kier alpha value is -2.44. The molecule has 5 rings (SSSR count). The highest BCUT2D eigenvalue weighted by molar-refractivity contribution is 6.03. The molecule has 1 aromatic heterocycles. The van der Waals surface area contributed by atoms with Gasteiger partial charge in [-0.1, -0.05) is 17.3 Å². The highest BCUT2D eigenvalue weighted by Crippen LogP contribution is 2.53. The van der Waals surface area contributed by atoms with Crippen LogP contribution in [0.1, 0.15) is 23.4 Å². The first-order valence-electron chi connectivity index (χ1n) is 9.66. The molecule has 3 aliphatic rings. The second kappa shape index (κ2) is 6.32. The normalized spacial score (nSPS) is 29.8. The van der Waals surface area contributed by atoms with Crippen LogP contribution < -0.4 is 0 Å². The topological polar surface area (TPSA) is 66.7 Å². The number of aromatic nitrogens is 1. The molecule has 1 saturated carbocycles. The fraction of sp³-hybridized carbons (Fsp3) is 0.550. The van der Waals surface area contributed by atoms with Crippen molar-refractivity contribution in [3.8, 4) is 0 Å². The molecule has 2 amide bonds. The summed E-state index contributed by atoms with van der Waals surface area (Å²) in [6.45, 7) is 2.08. The Bertz CT molecular complexity index is 885. The van der Waals surface area contributed by atoms with E-state index in [9.17, 15) is 14.0 Å². The summed E-state index contributed by atoms with van der Waals surface area (Å²) in [7, 11) is 0. The fourth-order valence-electron chi connectivity index (χ4n) is 4.85. The van der Waals surface area contributed by atoms with E-state index in [0.717, 1.165) is 24.8 Å². The third-order valence-electron chi connectivity index (χ3n) is 6.39. The Balaban J connectivity index is 1.23. The van der Waals surface area contributed by atoms with Crippen molar-refractivity contribution < 1.29 is 18.5 Å². The van der Waals surface area contributed by atoms with Gasteiger partial charge in [0.25, 0.3) is 5.91 Å². The second-order valence-electron chi connectivity index (χ2n) is 8.04. The Morgan fingerprint density at radius 3 is 2.70 bits per heavy atom. The lowest BCUT2D eigenvalue weighted by atomic mass is 9.99. The Labute approximate surface area is 156 Å². The highest BCUT2D eigenvalue weighted by atomic mass is 19.1. The number of amides is 2. The third-order valence-corrected chi connectivity index (χ3v) is 6.39. The number of nitrogens with zero attached hydrogens (tertiary/aromatic N) is 3. The molecule has 3 heterocycles. The summed E-state index contributed by atoms with van der Waals surface area (Å²) in [5, 5.41) is 4.67. The van der Waals surface area contributed by atoms with Crippen LogP contribution in [0.25, 0.3) is 10.9 Å². The number of halogens is 1. The van der Waals surface area contributed by atoms with E-state index in [1.807, 2.05) is 29.2 Å². The smallest absolute Gasteiger partial charge is 0.293 e. The number of benzene rings is 1. The van der Waals surface area contributed by atoms with E-state index in [4.69, 9.17) is 4.52 Å². The number of likely N-dealkylation sites (tertiary alicyclic amines) is 2. The van der Waals surface area contributed by atoms with Crippen molar-refractivity contribution in [1.29, 1.82) is 0 Å². The molecular formula is C20H22FN3O3. The van der Waals surface area contributed by atoms with E-state index in [0.29, 0.717) is 25.2 Å². The Morgan fingerprint density at radius 1 is 1.15 bits per heavy atom. The maximum Gasteiger partial charge on any atom is 0.293 e. The molecule has 0 bridgehead atoms. The predicted molar refractivity (Wildman–Crippen MR) is 95.7 cm³/mol. The molecule has 2 saturated heterocycles. The van der Waals surface area contributed by atoms with Crippen molar-refractivity contribution in [2.75, 3.05) is 32.9 Å². The summed E-state index contributed by atoms with van der Waals surface area (Å²) in [6, 6.07) is 7.36. The first-order chi connectivity index (χ1) is 13.2. The molecule has 1 aromatic carbocycles. The van der Waals surface area contributed by atoms with Crippen LogP contribution in [0, 0.1) is 23.7 Å². The van der Waals surface area contributed by atoms with Gasteiger partial charge in [-0.05, 0) is 36.8 Å². The lowest BCUT2D eigenvalue weighted by Gasteiger charge is -2.32. The van der Waals surface area contributed by atoms with Crippen LogP contribution in [0.15, 0.2) is 28.8 Å². The monoisotopic (exact) mass is 371 g/mol. The zero-order valence-corrected chi connectivity index (χ0v) is 15.0. The van der Waals surface area contributed by atoms with Crippen molar-refractivity contribution in [2.24, 2.45) is 23.7 Å². The SMILES string of the molecule is O=C(c1onc2ccccc12)N1C[C@@H]2C(C(=O)N3CCCC(CF)C3)[C@@H]2C1. The van der Waals surface area contributed by atoms with Gasteiger partial charge in [0.15, 0.2) is 0 Å². The van der Waals surface area contributed by atoms with Gasteiger partial charge in [0.1, 0.15) is 5.52 Å². The third kappa shape index (κ3) is 2.71. The zero-order chi connectivity index (χ0) is 18.5. The molecule has 2 aromatic rings. The van der Waals surface area contributed by atoms with Crippen LogP contribution in [0.4, 0.5) is 4.39 Å². The van der Waals surface area contributed by atoms with Gasteiger partial charge in [-0.25, -0.2) is 0 Å². The standard InChI is InChI=1S/C20H22FN3O3/c21-8-12-4-3-7-23(9-12)19(25)17-14-10-24(11-15(14)17)20(26)18-13-5-1-2-6-16(13)22-27-18/h1-2,5-6,12,14-15,17H,3-4,7-11H2/t12?,14-,15+,17?. The van der Waals surface area contributed by atoms with Gasteiger partial charge in [0, 0.05) is 38.0 Å². The van der Waals surface area contributed by atoms with Crippen molar-refractivity contribution in [3.63, 3.8) is 0 Å². The number of hydrogen-bond acceptors (Lipinski definition) is 4. The fourth-order valence-corrected chi connectivity index (χ4v) is 4.85. The van der Waals surface area contributed by atoms with E-state index in [1.54, 1.807) is 4.90 Å². The van der Waals surface area contributed by atoms with Gasteiger partial charge in [0.05, 0.1) is 12.1 Å². The summed E-state index contributed by atoms with van der Waals surface area (Å²) >= 11 is 0. The predicted octanol–water partition coefficient (Wildman–Crippen LogP) is 2.35. The van der Waals surface area contributed by atoms with Crippen LogP contribution in [0.3, 0.4) is 0 Å². The summed E-state index contributed by atoms with van der Waals surface area (Å²) in [4.78, 5) is 29.2. The van der Waals surface area contributed by atoms with Crippen molar-refractivity contribution in [3.05, 3.63) is 30.0 Å². The van der Waals surface area contributed by atoms with E-state index in [2.05, 4.69) is 5.16 Å².